The van der Waals surface area contributed by atoms with Crippen LogP contribution in [0.2, 0.25) is 0 Å². The molecule has 1 rings (SSSR count). The molecule has 0 aliphatic carbocycles. The Morgan fingerprint density at radius 2 is 2.06 bits per heavy atom. The SMILES string of the molecule is CNC(=O)CS(=O)(=O)c1cc(C)ccc1N. The minimum Gasteiger partial charge on any atom is -0.398 e. The molecule has 0 atom stereocenters. The Hall–Kier alpha value is -1.56. The van der Waals surface area contributed by atoms with Crippen molar-refractivity contribution in [2.45, 2.75) is 11.8 Å². The number of hydrogen-bond donors (Lipinski definition) is 2. The number of nitrogens with one attached hydrogen (secondary N) is 1. The molecule has 5 nitrogen and oxygen atoms in total. The molecule has 1 aromatic rings. The van der Waals surface area contributed by atoms with E-state index in [0.29, 0.717) is 0 Å². The third-order valence-corrected chi connectivity index (χ3v) is 3.77. The number of rotatable bonds is 3. The van der Waals surface area contributed by atoms with E-state index < -0.39 is 21.5 Å². The Bertz CT molecular complexity index is 509. The van der Waals surface area contributed by atoms with E-state index in [1.807, 2.05) is 0 Å². The molecule has 0 aromatic heterocycles. The maximum absolute atomic E-state index is 11.8. The van der Waals surface area contributed by atoms with Gasteiger partial charge in [-0.2, -0.15) is 0 Å². The lowest BCUT2D eigenvalue weighted by Crippen LogP contribution is -2.27. The van der Waals surface area contributed by atoms with Gasteiger partial charge in [0.2, 0.25) is 5.91 Å². The van der Waals surface area contributed by atoms with Gasteiger partial charge < -0.3 is 11.1 Å². The van der Waals surface area contributed by atoms with E-state index in [1.165, 1.54) is 19.2 Å². The molecule has 0 aliphatic rings. The second-order valence-electron chi connectivity index (χ2n) is 3.47. The molecule has 88 valence electrons. The van der Waals surface area contributed by atoms with Crippen molar-refractivity contribution in [3.8, 4) is 0 Å². The van der Waals surface area contributed by atoms with Crippen LogP contribution in [0.1, 0.15) is 5.56 Å². The summed E-state index contributed by atoms with van der Waals surface area (Å²) in [4.78, 5) is 11.1. The third-order valence-electron chi connectivity index (χ3n) is 2.10. The van der Waals surface area contributed by atoms with E-state index in [2.05, 4.69) is 5.32 Å². The molecule has 6 heteroatoms. The lowest BCUT2D eigenvalue weighted by molar-refractivity contribution is -0.118. The minimum absolute atomic E-state index is 0.0103. The Balaban J connectivity index is 3.17. The number of carbonyl (C=O) groups is 1. The van der Waals surface area contributed by atoms with Gasteiger partial charge in [0.25, 0.3) is 0 Å². The van der Waals surface area contributed by atoms with Crippen LogP contribution in [0, 0.1) is 6.92 Å². The van der Waals surface area contributed by atoms with Crippen molar-refractivity contribution >= 4 is 21.4 Å². The first kappa shape index (κ1) is 12.5. The largest absolute Gasteiger partial charge is 0.398 e. The number of amides is 1. The van der Waals surface area contributed by atoms with Gasteiger partial charge in [0.1, 0.15) is 5.75 Å². The quantitative estimate of drug-likeness (QED) is 0.735. The number of benzene rings is 1. The molecular weight excluding hydrogens is 228 g/mol. The van der Waals surface area contributed by atoms with Gasteiger partial charge in [-0.15, -0.1) is 0 Å². The monoisotopic (exact) mass is 242 g/mol. The molecule has 0 radical (unpaired) electrons. The highest BCUT2D eigenvalue weighted by Crippen LogP contribution is 2.20. The number of nitrogens with two attached hydrogens (primary N) is 1. The first-order chi connectivity index (χ1) is 7.36. The van der Waals surface area contributed by atoms with E-state index in [1.54, 1.807) is 13.0 Å². The zero-order chi connectivity index (χ0) is 12.3. The smallest absolute Gasteiger partial charge is 0.235 e. The fourth-order valence-electron chi connectivity index (χ4n) is 1.23. The zero-order valence-electron chi connectivity index (χ0n) is 9.15. The second kappa shape index (κ2) is 4.52. The number of carbonyl (C=O) groups excluding carboxylic acids is 1. The van der Waals surface area contributed by atoms with Crippen LogP contribution in [0.15, 0.2) is 23.1 Å². The molecule has 0 bridgehead atoms. The van der Waals surface area contributed by atoms with Crippen LogP contribution in [-0.2, 0) is 14.6 Å². The van der Waals surface area contributed by atoms with Crippen LogP contribution in [-0.4, -0.2) is 27.1 Å². The van der Waals surface area contributed by atoms with Gasteiger partial charge in [-0.1, -0.05) is 6.07 Å². The molecule has 0 unspecified atom stereocenters. The molecule has 0 fully saturated rings. The Morgan fingerprint density at radius 1 is 1.44 bits per heavy atom. The van der Waals surface area contributed by atoms with Crippen LogP contribution >= 0.6 is 0 Å². The maximum atomic E-state index is 11.8. The molecule has 0 spiro atoms. The fourth-order valence-corrected chi connectivity index (χ4v) is 2.67. The van der Waals surface area contributed by atoms with Crippen LogP contribution in [0.25, 0.3) is 0 Å². The van der Waals surface area contributed by atoms with Crippen molar-refractivity contribution < 1.29 is 13.2 Å². The van der Waals surface area contributed by atoms with Crippen molar-refractivity contribution in [1.29, 1.82) is 0 Å². The van der Waals surface area contributed by atoms with Gasteiger partial charge in [0.15, 0.2) is 9.84 Å². The van der Waals surface area contributed by atoms with Gasteiger partial charge in [-0.3, -0.25) is 4.79 Å². The van der Waals surface area contributed by atoms with E-state index in [9.17, 15) is 13.2 Å². The highest BCUT2D eigenvalue weighted by molar-refractivity contribution is 7.92. The number of aryl methyl sites for hydroxylation is 1. The maximum Gasteiger partial charge on any atom is 0.235 e. The van der Waals surface area contributed by atoms with Crippen LogP contribution < -0.4 is 11.1 Å². The second-order valence-corrected chi connectivity index (χ2v) is 5.43. The van der Waals surface area contributed by atoms with Gasteiger partial charge in [0.05, 0.1) is 10.6 Å². The lowest BCUT2D eigenvalue weighted by Gasteiger charge is -2.07. The van der Waals surface area contributed by atoms with E-state index in [0.717, 1.165) is 5.56 Å². The normalized spacial score (nSPS) is 11.1. The fraction of sp³-hybridized carbons (Fsp3) is 0.300. The number of anilines is 1. The summed E-state index contributed by atoms with van der Waals surface area (Å²) in [5.74, 6) is -1.14. The first-order valence-electron chi connectivity index (χ1n) is 4.66. The van der Waals surface area contributed by atoms with E-state index >= 15 is 0 Å². The summed E-state index contributed by atoms with van der Waals surface area (Å²) in [6.45, 7) is 1.76. The van der Waals surface area contributed by atoms with E-state index in [-0.39, 0.29) is 10.6 Å². The summed E-state index contributed by atoms with van der Waals surface area (Å²) < 4.78 is 23.7. The molecule has 0 saturated heterocycles. The van der Waals surface area contributed by atoms with Crippen LogP contribution in [0.5, 0.6) is 0 Å². The van der Waals surface area contributed by atoms with Crippen molar-refractivity contribution in [2.75, 3.05) is 18.5 Å². The average molecular weight is 242 g/mol. The summed E-state index contributed by atoms with van der Waals surface area (Å²) in [6, 6.07) is 4.70. The molecule has 0 heterocycles. The number of hydrogen-bond acceptors (Lipinski definition) is 4. The van der Waals surface area contributed by atoms with E-state index in [4.69, 9.17) is 5.73 Å². The molecule has 1 aromatic carbocycles. The van der Waals surface area contributed by atoms with Crippen LogP contribution in [0.4, 0.5) is 5.69 Å². The standard InChI is InChI=1S/C10H14N2O3S/c1-7-3-4-8(11)9(5-7)16(14,15)6-10(13)12-2/h3-5H,6,11H2,1-2H3,(H,12,13). The molecule has 3 N–H and O–H groups in total. The molecular formula is C10H14N2O3S. The topological polar surface area (TPSA) is 89.3 Å². The summed E-state index contributed by atoms with van der Waals surface area (Å²) in [6.07, 6.45) is 0. The average Bonchev–Trinajstić information content (AvgIpc) is 2.20. The van der Waals surface area contributed by atoms with Crippen molar-refractivity contribution in [3.05, 3.63) is 23.8 Å². The lowest BCUT2D eigenvalue weighted by atomic mass is 10.2. The first-order valence-corrected chi connectivity index (χ1v) is 6.31. The Kier molecular flexibility index (Phi) is 3.54. The minimum atomic E-state index is -3.66. The molecule has 1 amide bonds. The Labute approximate surface area is 94.6 Å². The van der Waals surface area contributed by atoms with Crippen molar-refractivity contribution in [2.24, 2.45) is 0 Å². The summed E-state index contributed by atoms with van der Waals surface area (Å²) in [7, 11) is -2.28. The molecule has 0 saturated carbocycles. The highest BCUT2D eigenvalue weighted by atomic mass is 32.2. The zero-order valence-corrected chi connectivity index (χ0v) is 9.97. The summed E-state index contributed by atoms with van der Waals surface area (Å²) in [5, 5.41) is 2.27. The summed E-state index contributed by atoms with van der Waals surface area (Å²) in [5.41, 5.74) is 6.53. The Morgan fingerprint density at radius 3 is 2.62 bits per heavy atom. The number of nitrogen functional groups attached to an aromatic ring is 1. The molecule has 0 aliphatic heterocycles. The molecule has 16 heavy (non-hydrogen) atoms. The van der Waals surface area contributed by atoms with Crippen molar-refractivity contribution in [1.82, 2.24) is 5.32 Å². The summed E-state index contributed by atoms with van der Waals surface area (Å²) >= 11 is 0. The highest BCUT2D eigenvalue weighted by Gasteiger charge is 2.21. The third kappa shape index (κ3) is 2.73. The predicted octanol–water partition coefficient (Wildman–Crippen LogP) is 0.0969. The van der Waals surface area contributed by atoms with Gasteiger partial charge in [-0.25, -0.2) is 8.42 Å². The predicted molar refractivity (Wildman–Crippen MR) is 61.7 cm³/mol. The van der Waals surface area contributed by atoms with Crippen molar-refractivity contribution in [3.63, 3.8) is 0 Å². The van der Waals surface area contributed by atoms with Gasteiger partial charge in [0, 0.05) is 7.05 Å². The number of sulfone groups is 1. The van der Waals surface area contributed by atoms with Gasteiger partial charge in [-0.05, 0) is 24.6 Å². The van der Waals surface area contributed by atoms with Crippen LogP contribution in [0.3, 0.4) is 0 Å². The van der Waals surface area contributed by atoms with Gasteiger partial charge >= 0.3 is 0 Å².